The van der Waals surface area contributed by atoms with Crippen molar-refractivity contribution in [3.63, 3.8) is 0 Å². The highest BCUT2D eigenvalue weighted by molar-refractivity contribution is 7.98. The number of halogens is 2. The van der Waals surface area contributed by atoms with E-state index in [-0.39, 0.29) is 4.90 Å². The summed E-state index contributed by atoms with van der Waals surface area (Å²) in [6, 6.07) is 15.4. The number of pyridine rings is 1. The lowest BCUT2D eigenvalue weighted by molar-refractivity contribution is 0.234. The number of alkyl halides is 2. The van der Waals surface area contributed by atoms with Crippen LogP contribution in [-0.4, -0.2) is 28.8 Å². The molecule has 2 aromatic heterocycles. The number of fused-ring (bicyclic) bond motifs is 3. The fourth-order valence-corrected chi connectivity index (χ4v) is 4.62. The normalized spacial score (nSPS) is 12.3. The van der Waals surface area contributed by atoms with Gasteiger partial charge >= 0.3 is 5.76 Å². The Morgan fingerprint density at radius 1 is 1.07 bits per heavy atom. The van der Waals surface area contributed by atoms with Crippen LogP contribution >= 0.6 is 11.8 Å². The van der Waals surface area contributed by atoms with E-state index in [0.717, 1.165) is 27.7 Å². The molecule has 0 aliphatic heterocycles. The van der Waals surface area contributed by atoms with E-state index in [1.54, 1.807) is 0 Å². The van der Waals surface area contributed by atoms with Crippen molar-refractivity contribution in [3.05, 3.63) is 65.7 Å². The van der Waals surface area contributed by atoms with Gasteiger partial charge in [0.25, 0.3) is 0 Å². The molecular formula is C19H15F2N3O2S2. The first-order valence-corrected chi connectivity index (χ1v) is 10.9. The second kappa shape index (κ2) is 7.14. The summed E-state index contributed by atoms with van der Waals surface area (Å²) >= 11 is 1.44. The fourth-order valence-electron chi connectivity index (χ4n) is 2.99. The van der Waals surface area contributed by atoms with Crippen molar-refractivity contribution >= 4 is 38.1 Å². The molecule has 0 aliphatic carbocycles. The van der Waals surface area contributed by atoms with Crippen molar-refractivity contribution in [3.8, 4) is 0 Å². The zero-order chi connectivity index (χ0) is 19.9. The molecule has 0 N–H and O–H groups in total. The average molecular weight is 419 g/mol. The van der Waals surface area contributed by atoms with Gasteiger partial charge in [-0.05, 0) is 42.3 Å². The Bertz CT molecular complexity index is 1270. The summed E-state index contributed by atoms with van der Waals surface area (Å²) in [5, 5.41) is 10.3. The van der Waals surface area contributed by atoms with Crippen molar-refractivity contribution in [1.82, 2.24) is 14.6 Å². The van der Waals surface area contributed by atoms with E-state index < -0.39 is 15.6 Å². The number of hydrogen-bond donors (Lipinski definition) is 0. The molecule has 0 unspecified atom stereocenters. The van der Waals surface area contributed by atoms with Gasteiger partial charge in [-0.25, -0.2) is 8.42 Å². The minimum Gasteiger partial charge on any atom is -0.270 e. The van der Waals surface area contributed by atoms with Gasteiger partial charge in [-0.1, -0.05) is 42.1 Å². The van der Waals surface area contributed by atoms with Crippen molar-refractivity contribution < 1.29 is 17.2 Å². The molecule has 0 bridgehead atoms. The monoisotopic (exact) mass is 419 g/mol. The standard InChI is InChI=1S/C19H15F2N3O2S2/c1-12-10-17-22-23-19(24(17)16-5-3-2-4-15(12)16)27-11-13-6-8-14(9-7-13)28(25,26)18(20)21/h2-10,18H,11H2,1H3. The van der Waals surface area contributed by atoms with Crippen LogP contribution < -0.4 is 0 Å². The largest absolute Gasteiger partial charge is 0.341 e. The van der Waals surface area contributed by atoms with E-state index in [1.807, 2.05) is 41.7 Å². The van der Waals surface area contributed by atoms with Gasteiger partial charge in [0.2, 0.25) is 9.84 Å². The lowest BCUT2D eigenvalue weighted by Crippen LogP contribution is -2.11. The fraction of sp³-hybridized carbons (Fsp3) is 0.158. The molecule has 2 heterocycles. The Labute approximate surface area is 164 Å². The smallest absolute Gasteiger partial charge is 0.270 e. The molecule has 0 aliphatic rings. The van der Waals surface area contributed by atoms with E-state index >= 15 is 0 Å². The minimum atomic E-state index is -4.58. The summed E-state index contributed by atoms with van der Waals surface area (Å²) in [6.45, 7) is 2.03. The number of nitrogens with zero attached hydrogens (tertiary/aromatic N) is 3. The summed E-state index contributed by atoms with van der Waals surface area (Å²) in [5.41, 5.74) is 3.66. The molecule has 5 nitrogen and oxygen atoms in total. The van der Waals surface area contributed by atoms with E-state index in [2.05, 4.69) is 10.2 Å². The molecule has 4 rings (SSSR count). The summed E-state index contributed by atoms with van der Waals surface area (Å²) in [5.74, 6) is -2.93. The van der Waals surface area contributed by atoms with E-state index in [9.17, 15) is 17.2 Å². The Morgan fingerprint density at radius 3 is 2.50 bits per heavy atom. The second-order valence-electron chi connectivity index (χ2n) is 6.26. The van der Waals surface area contributed by atoms with Crippen molar-refractivity contribution in [2.24, 2.45) is 0 Å². The Balaban J connectivity index is 1.62. The molecular weight excluding hydrogens is 404 g/mol. The predicted molar refractivity (Wildman–Crippen MR) is 104 cm³/mol. The summed E-state index contributed by atoms with van der Waals surface area (Å²) in [7, 11) is -4.58. The maximum absolute atomic E-state index is 12.6. The summed E-state index contributed by atoms with van der Waals surface area (Å²) in [6.07, 6.45) is 0. The van der Waals surface area contributed by atoms with Crippen LogP contribution in [0.3, 0.4) is 0 Å². The van der Waals surface area contributed by atoms with Crippen LogP contribution in [0, 0.1) is 6.92 Å². The first kappa shape index (κ1) is 18.8. The molecule has 28 heavy (non-hydrogen) atoms. The first-order valence-electron chi connectivity index (χ1n) is 8.35. The van der Waals surface area contributed by atoms with Gasteiger partial charge in [-0.2, -0.15) is 8.78 Å². The highest BCUT2D eigenvalue weighted by Crippen LogP contribution is 2.28. The summed E-state index contributed by atoms with van der Waals surface area (Å²) < 4.78 is 50.2. The molecule has 4 aromatic rings. The molecule has 0 fully saturated rings. The molecule has 0 saturated carbocycles. The topological polar surface area (TPSA) is 64.3 Å². The number of sulfone groups is 1. The molecule has 0 amide bonds. The number of para-hydroxylation sites is 1. The van der Waals surface area contributed by atoms with Crippen LogP contribution in [0.25, 0.3) is 16.6 Å². The van der Waals surface area contributed by atoms with E-state index in [4.69, 9.17) is 0 Å². The highest BCUT2D eigenvalue weighted by Gasteiger charge is 2.26. The van der Waals surface area contributed by atoms with Crippen LogP contribution in [0.5, 0.6) is 0 Å². The van der Waals surface area contributed by atoms with Gasteiger partial charge < -0.3 is 0 Å². The van der Waals surface area contributed by atoms with E-state index in [0.29, 0.717) is 10.9 Å². The molecule has 0 saturated heterocycles. The third-order valence-corrected chi connectivity index (χ3v) is 6.83. The lowest BCUT2D eigenvalue weighted by atomic mass is 10.1. The van der Waals surface area contributed by atoms with Crippen molar-refractivity contribution in [1.29, 1.82) is 0 Å². The Hall–Kier alpha value is -2.52. The van der Waals surface area contributed by atoms with Crippen LogP contribution in [-0.2, 0) is 15.6 Å². The molecule has 0 atom stereocenters. The van der Waals surface area contributed by atoms with Crippen LogP contribution in [0.15, 0.2) is 64.6 Å². The molecule has 0 spiro atoms. The van der Waals surface area contributed by atoms with Gasteiger partial charge in [0.05, 0.1) is 10.4 Å². The van der Waals surface area contributed by atoms with Crippen molar-refractivity contribution in [2.45, 2.75) is 28.5 Å². The number of aromatic nitrogens is 3. The van der Waals surface area contributed by atoms with Crippen LogP contribution in [0.2, 0.25) is 0 Å². The Morgan fingerprint density at radius 2 is 1.79 bits per heavy atom. The van der Waals surface area contributed by atoms with E-state index in [1.165, 1.54) is 36.0 Å². The Kier molecular flexibility index (Phi) is 4.80. The highest BCUT2D eigenvalue weighted by atomic mass is 32.2. The van der Waals surface area contributed by atoms with Gasteiger partial charge in [0.15, 0.2) is 10.8 Å². The van der Waals surface area contributed by atoms with Crippen molar-refractivity contribution in [2.75, 3.05) is 0 Å². The number of benzene rings is 2. The summed E-state index contributed by atoms with van der Waals surface area (Å²) in [4.78, 5) is -0.384. The lowest BCUT2D eigenvalue weighted by Gasteiger charge is -2.08. The maximum Gasteiger partial charge on any atom is 0.341 e. The number of aryl methyl sites for hydroxylation is 1. The first-order chi connectivity index (χ1) is 13.4. The van der Waals surface area contributed by atoms with Gasteiger partial charge in [0.1, 0.15) is 0 Å². The van der Waals surface area contributed by atoms with Gasteiger partial charge in [-0.15, -0.1) is 10.2 Å². The van der Waals surface area contributed by atoms with Gasteiger partial charge in [-0.3, -0.25) is 4.40 Å². The molecule has 2 aromatic carbocycles. The third kappa shape index (κ3) is 3.24. The zero-order valence-corrected chi connectivity index (χ0v) is 16.3. The minimum absolute atomic E-state index is 0.384. The van der Waals surface area contributed by atoms with Crippen LogP contribution in [0.1, 0.15) is 11.1 Å². The predicted octanol–water partition coefficient (Wildman–Crippen LogP) is 4.48. The molecule has 144 valence electrons. The number of hydrogen-bond acceptors (Lipinski definition) is 5. The molecule has 0 radical (unpaired) electrons. The average Bonchev–Trinajstić information content (AvgIpc) is 3.09. The third-order valence-electron chi connectivity index (χ3n) is 4.43. The van der Waals surface area contributed by atoms with Gasteiger partial charge in [0, 0.05) is 11.1 Å². The maximum atomic E-state index is 12.6. The molecule has 9 heteroatoms. The number of rotatable bonds is 5. The SMILES string of the molecule is Cc1cc2nnc(SCc3ccc(S(=O)(=O)C(F)F)cc3)n2c2ccccc12. The zero-order valence-electron chi connectivity index (χ0n) is 14.7. The number of thioether (sulfide) groups is 1. The van der Waals surface area contributed by atoms with Crippen LogP contribution in [0.4, 0.5) is 8.78 Å². The second-order valence-corrected chi connectivity index (χ2v) is 9.12. The quantitative estimate of drug-likeness (QED) is 0.446.